The van der Waals surface area contributed by atoms with Crippen molar-refractivity contribution in [1.82, 2.24) is 0 Å². The van der Waals surface area contributed by atoms with Crippen LogP contribution in [0.3, 0.4) is 0 Å². The number of ether oxygens (including phenoxy) is 3. The third kappa shape index (κ3) is 4.72. The minimum atomic E-state index is -1.32. The molecule has 1 heterocycles. The Morgan fingerprint density at radius 3 is 2.46 bits per heavy atom. The molecule has 1 saturated heterocycles. The van der Waals surface area contributed by atoms with E-state index in [2.05, 4.69) is 15.9 Å². The van der Waals surface area contributed by atoms with Crippen molar-refractivity contribution in [2.24, 2.45) is 0 Å². The Hall–Kier alpha value is -2.38. The minimum Gasteiger partial charge on any atom is -0.488 e. The topological polar surface area (TPSA) is 61.8 Å². The Balaban J connectivity index is 1.89. The van der Waals surface area contributed by atoms with Crippen molar-refractivity contribution >= 4 is 45.5 Å². The maximum absolute atomic E-state index is 13.2. The molecule has 3 rings (SSSR count). The lowest BCUT2D eigenvalue weighted by Gasteiger charge is -2.29. The molecule has 1 aliphatic rings. The van der Waals surface area contributed by atoms with Crippen molar-refractivity contribution in [2.45, 2.75) is 26.2 Å². The van der Waals surface area contributed by atoms with Gasteiger partial charge in [0.15, 0.2) is 0 Å². The lowest BCUT2D eigenvalue weighted by Crippen LogP contribution is -2.41. The smallest absolute Gasteiger partial charge is 0.348 e. The number of rotatable bonds is 4. The maximum atomic E-state index is 13.2. The molecule has 0 atom stereocenters. The SMILES string of the molecule is CC1(C)OC(=O)C(=Cc2cc(Br)ccc2OCc2ccc(F)cc2Cl)C(=O)O1. The Labute approximate surface area is 174 Å². The molecule has 2 aromatic carbocycles. The number of halogens is 3. The van der Waals surface area contributed by atoms with Gasteiger partial charge in [-0.25, -0.2) is 14.0 Å². The lowest BCUT2D eigenvalue weighted by atomic mass is 10.1. The third-order valence-corrected chi connectivity index (χ3v) is 4.63. The van der Waals surface area contributed by atoms with E-state index in [0.29, 0.717) is 21.3 Å². The quantitative estimate of drug-likeness (QED) is 0.357. The van der Waals surface area contributed by atoms with Crippen LogP contribution >= 0.6 is 27.5 Å². The molecular formula is C20H15BrClFO5. The number of carbonyl (C=O) groups excluding carboxylic acids is 2. The van der Waals surface area contributed by atoms with Crippen LogP contribution in [0.2, 0.25) is 5.02 Å². The van der Waals surface area contributed by atoms with Crippen LogP contribution in [0, 0.1) is 5.82 Å². The van der Waals surface area contributed by atoms with E-state index >= 15 is 0 Å². The van der Waals surface area contributed by atoms with Crippen LogP contribution in [0.5, 0.6) is 5.75 Å². The lowest BCUT2D eigenvalue weighted by molar-refractivity contribution is -0.222. The molecule has 0 saturated carbocycles. The molecule has 146 valence electrons. The highest BCUT2D eigenvalue weighted by Crippen LogP contribution is 2.30. The summed E-state index contributed by atoms with van der Waals surface area (Å²) in [4.78, 5) is 24.4. The van der Waals surface area contributed by atoms with E-state index < -0.39 is 23.5 Å². The Morgan fingerprint density at radius 1 is 1.14 bits per heavy atom. The summed E-state index contributed by atoms with van der Waals surface area (Å²) in [6, 6.07) is 9.08. The van der Waals surface area contributed by atoms with Gasteiger partial charge in [-0.2, -0.15) is 0 Å². The Morgan fingerprint density at radius 2 is 1.82 bits per heavy atom. The predicted octanol–water partition coefficient (Wildman–Crippen LogP) is 5.04. The van der Waals surface area contributed by atoms with Crippen LogP contribution in [-0.2, 0) is 25.7 Å². The summed E-state index contributed by atoms with van der Waals surface area (Å²) in [6.07, 6.45) is 1.34. The normalized spacial score (nSPS) is 15.7. The molecule has 0 amide bonds. The van der Waals surface area contributed by atoms with E-state index in [9.17, 15) is 14.0 Å². The first-order chi connectivity index (χ1) is 13.1. The van der Waals surface area contributed by atoms with Crippen LogP contribution in [0.4, 0.5) is 4.39 Å². The summed E-state index contributed by atoms with van der Waals surface area (Å²) in [5.41, 5.74) is 0.793. The number of esters is 2. The van der Waals surface area contributed by atoms with Crippen molar-refractivity contribution < 1.29 is 28.2 Å². The van der Waals surface area contributed by atoms with Gasteiger partial charge in [0.1, 0.15) is 23.7 Å². The molecule has 0 bridgehead atoms. The zero-order chi connectivity index (χ0) is 20.5. The van der Waals surface area contributed by atoms with Gasteiger partial charge in [0.2, 0.25) is 0 Å². The van der Waals surface area contributed by atoms with Crippen molar-refractivity contribution in [3.8, 4) is 5.75 Å². The van der Waals surface area contributed by atoms with E-state index in [1.165, 1.54) is 38.1 Å². The maximum Gasteiger partial charge on any atom is 0.348 e. The second kappa shape index (κ2) is 7.93. The van der Waals surface area contributed by atoms with E-state index in [0.717, 1.165) is 0 Å². The first-order valence-corrected chi connectivity index (χ1v) is 9.36. The highest BCUT2D eigenvalue weighted by Gasteiger charge is 2.39. The van der Waals surface area contributed by atoms with Crippen molar-refractivity contribution in [1.29, 1.82) is 0 Å². The number of benzene rings is 2. The van der Waals surface area contributed by atoms with Crippen LogP contribution < -0.4 is 4.74 Å². The highest BCUT2D eigenvalue weighted by molar-refractivity contribution is 9.10. The predicted molar refractivity (Wildman–Crippen MR) is 104 cm³/mol. The van der Waals surface area contributed by atoms with E-state index in [1.807, 2.05) is 0 Å². The summed E-state index contributed by atoms with van der Waals surface area (Å²) in [5.74, 6) is -2.94. The van der Waals surface area contributed by atoms with Gasteiger partial charge in [-0.05, 0) is 36.4 Å². The second-order valence-corrected chi connectivity index (χ2v) is 7.77. The van der Waals surface area contributed by atoms with Gasteiger partial charge in [0.25, 0.3) is 5.79 Å². The average Bonchev–Trinajstić information content (AvgIpc) is 2.58. The van der Waals surface area contributed by atoms with Gasteiger partial charge in [0.05, 0.1) is 5.02 Å². The van der Waals surface area contributed by atoms with Gasteiger partial charge >= 0.3 is 11.9 Å². The van der Waals surface area contributed by atoms with Gasteiger partial charge < -0.3 is 14.2 Å². The molecule has 0 aliphatic carbocycles. The summed E-state index contributed by atoms with van der Waals surface area (Å²) in [5, 5.41) is 0.235. The minimum absolute atomic E-state index is 0.0683. The van der Waals surface area contributed by atoms with E-state index in [-0.39, 0.29) is 17.2 Å². The monoisotopic (exact) mass is 468 g/mol. The van der Waals surface area contributed by atoms with Crippen LogP contribution in [0.25, 0.3) is 6.08 Å². The molecule has 1 aliphatic heterocycles. The van der Waals surface area contributed by atoms with Gasteiger partial charge in [0, 0.05) is 29.4 Å². The van der Waals surface area contributed by atoms with Crippen LogP contribution in [0.1, 0.15) is 25.0 Å². The third-order valence-electron chi connectivity index (χ3n) is 3.79. The van der Waals surface area contributed by atoms with Crippen molar-refractivity contribution in [3.05, 3.63) is 68.4 Å². The van der Waals surface area contributed by atoms with Crippen LogP contribution in [0.15, 0.2) is 46.4 Å². The van der Waals surface area contributed by atoms with Gasteiger partial charge in [-0.15, -0.1) is 0 Å². The zero-order valence-electron chi connectivity index (χ0n) is 14.9. The summed E-state index contributed by atoms with van der Waals surface area (Å²) < 4.78 is 29.9. The molecule has 5 nitrogen and oxygen atoms in total. The molecule has 0 radical (unpaired) electrons. The molecule has 2 aromatic rings. The molecule has 0 spiro atoms. The fraction of sp³-hybridized carbons (Fsp3) is 0.200. The average molecular weight is 470 g/mol. The molecule has 0 unspecified atom stereocenters. The van der Waals surface area contributed by atoms with Crippen molar-refractivity contribution in [3.63, 3.8) is 0 Å². The Kier molecular flexibility index (Phi) is 5.76. The van der Waals surface area contributed by atoms with Crippen LogP contribution in [-0.4, -0.2) is 17.7 Å². The summed E-state index contributed by atoms with van der Waals surface area (Å²) in [7, 11) is 0. The van der Waals surface area contributed by atoms with E-state index in [1.54, 1.807) is 18.2 Å². The van der Waals surface area contributed by atoms with Gasteiger partial charge in [-0.3, -0.25) is 0 Å². The first-order valence-electron chi connectivity index (χ1n) is 8.19. The summed E-state index contributed by atoms with van der Waals surface area (Å²) in [6.45, 7) is 3.01. The molecule has 28 heavy (non-hydrogen) atoms. The number of hydrogen-bond acceptors (Lipinski definition) is 5. The fourth-order valence-electron chi connectivity index (χ4n) is 2.49. The molecular weight excluding hydrogens is 455 g/mol. The van der Waals surface area contributed by atoms with Crippen molar-refractivity contribution in [2.75, 3.05) is 0 Å². The molecule has 1 fully saturated rings. The van der Waals surface area contributed by atoms with E-state index in [4.69, 9.17) is 25.8 Å². The fourth-order valence-corrected chi connectivity index (χ4v) is 3.09. The number of cyclic esters (lactones) is 2. The number of carbonyl (C=O) groups is 2. The summed E-state index contributed by atoms with van der Waals surface area (Å²) >= 11 is 9.36. The molecule has 0 aromatic heterocycles. The Bertz CT molecular complexity index is 965. The standard InChI is InChI=1S/C20H15BrClFO5/c1-20(2)27-18(24)15(19(25)28-20)8-12-7-13(21)4-6-17(12)26-10-11-3-5-14(23)9-16(11)22/h3-9H,10H2,1-2H3. The molecule has 0 N–H and O–H groups in total. The first kappa shape index (κ1) is 20.4. The zero-order valence-corrected chi connectivity index (χ0v) is 17.3. The van der Waals surface area contributed by atoms with Gasteiger partial charge in [-0.1, -0.05) is 33.6 Å². The molecule has 8 heteroatoms. The largest absolute Gasteiger partial charge is 0.488 e. The highest BCUT2D eigenvalue weighted by atomic mass is 79.9. The number of hydrogen-bond donors (Lipinski definition) is 0. The second-order valence-electron chi connectivity index (χ2n) is 6.44.